The van der Waals surface area contributed by atoms with E-state index in [9.17, 15) is 18.0 Å². The van der Waals surface area contributed by atoms with Crippen molar-refractivity contribution in [2.75, 3.05) is 6.61 Å². The van der Waals surface area contributed by atoms with Crippen LogP contribution in [0.2, 0.25) is 0 Å². The second-order valence-electron chi connectivity index (χ2n) is 5.20. The van der Waals surface area contributed by atoms with Crippen molar-refractivity contribution in [3.05, 3.63) is 47.5 Å². The molecule has 0 heterocycles. The van der Waals surface area contributed by atoms with Crippen molar-refractivity contribution in [2.24, 2.45) is 5.92 Å². The minimum Gasteiger partial charge on any atom is -0.465 e. The summed E-state index contributed by atoms with van der Waals surface area (Å²) in [7, 11) is 0. The van der Waals surface area contributed by atoms with Gasteiger partial charge in [0.15, 0.2) is 0 Å². The highest BCUT2D eigenvalue weighted by molar-refractivity contribution is 5.72. The van der Waals surface area contributed by atoms with Gasteiger partial charge in [-0.25, -0.2) is 0 Å². The molecule has 1 unspecified atom stereocenters. The molecule has 1 aromatic carbocycles. The van der Waals surface area contributed by atoms with Crippen LogP contribution in [0.3, 0.4) is 0 Å². The van der Waals surface area contributed by atoms with E-state index in [0.29, 0.717) is 18.1 Å². The minimum atomic E-state index is -4.35. The van der Waals surface area contributed by atoms with E-state index >= 15 is 0 Å². The summed E-state index contributed by atoms with van der Waals surface area (Å²) < 4.78 is 42.4. The van der Waals surface area contributed by atoms with Crippen LogP contribution in [0.1, 0.15) is 30.4 Å². The van der Waals surface area contributed by atoms with Gasteiger partial charge >= 0.3 is 12.1 Å². The van der Waals surface area contributed by atoms with Crippen LogP contribution in [0.5, 0.6) is 0 Å². The standard InChI is InChI=1S/C16H17F3O2/c17-16(18,19)14-8-6-12(7-9-14)10-15(20)21-11-13-4-2-1-3-5-13/h1-2,6-9,13H,3-5,10-11H2. The van der Waals surface area contributed by atoms with Crippen LogP contribution in [-0.4, -0.2) is 12.6 Å². The molecule has 0 saturated heterocycles. The molecule has 0 bridgehead atoms. The number of hydrogen-bond donors (Lipinski definition) is 0. The number of carbonyl (C=O) groups is 1. The largest absolute Gasteiger partial charge is 0.465 e. The lowest BCUT2D eigenvalue weighted by molar-refractivity contribution is -0.144. The fourth-order valence-corrected chi connectivity index (χ4v) is 2.25. The zero-order valence-electron chi connectivity index (χ0n) is 11.5. The second kappa shape index (κ2) is 6.78. The van der Waals surface area contributed by atoms with Gasteiger partial charge in [0.2, 0.25) is 0 Å². The van der Waals surface area contributed by atoms with Crippen LogP contribution >= 0.6 is 0 Å². The van der Waals surface area contributed by atoms with Gasteiger partial charge in [-0.1, -0.05) is 24.3 Å². The lowest BCUT2D eigenvalue weighted by Crippen LogP contribution is -2.16. The normalized spacial score (nSPS) is 18.5. The molecule has 0 aliphatic heterocycles. The predicted octanol–water partition coefficient (Wildman–Crippen LogP) is 4.15. The first kappa shape index (κ1) is 15.6. The molecule has 5 heteroatoms. The average molecular weight is 298 g/mol. The Hall–Kier alpha value is -1.78. The van der Waals surface area contributed by atoms with Gasteiger partial charge < -0.3 is 4.74 Å². The van der Waals surface area contributed by atoms with Gasteiger partial charge in [0.05, 0.1) is 18.6 Å². The van der Waals surface area contributed by atoms with Gasteiger partial charge in [-0.05, 0) is 42.9 Å². The number of alkyl halides is 3. The SMILES string of the molecule is O=C(Cc1ccc(C(F)(F)F)cc1)OCC1CC=CCC1. The Morgan fingerprint density at radius 3 is 2.48 bits per heavy atom. The topological polar surface area (TPSA) is 26.3 Å². The summed E-state index contributed by atoms with van der Waals surface area (Å²) in [6.45, 7) is 0.379. The molecule has 0 N–H and O–H groups in total. The zero-order chi connectivity index (χ0) is 15.3. The van der Waals surface area contributed by atoms with E-state index in [4.69, 9.17) is 4.74 Å². The first-order valence-electron chi connectivity index (χ1n) is 6.92. The molecule has 1 aromatic rings. The van der Waals surface area contributed by atoms with Crippen LogP contribution in [0.15, 0.2) is 36.4 Å². The van der Waals surface area contributed by atoms with Crippen LogP contribution < -0.4 is 0 Å². The molecule has 1 aliphatic carbocycles. The van der Waals surface area contributed by atoms with Gasteiger partial charge in [0.1, 0.15) is 0 Å². The van der Waals surface area contributed by atoms with Crippen molar-refractivity contribution in [1.29, 1.82) is 0 Å². The van der Waals surface area contributed by atoms with E-state index in [1.165, 1.54) is 12.1 Å². The molecule has 2 rings (SSSR count). The summed E-state index contributed by atoms with van der Waals surface area (Å²) in [4.78, 5) is 11.7. The summed E-state index contributed by atoms with van der Waals surface area (Å²) in [5.74, 6) is -0.0455. The van der Waals surface area contributed by atoms with Gasteiger partial charge in [-0.2, -0.15) is 13.2 Å². The molecule has 1 aliphatic rings. The molecule has 0 aromatic heterocycles. The molecule has 0 spiro atoms. The van der Waals surface area contributed by atoms with E-state index in [2.05, 4.69) is 12.2 Å². The third kappa shape index (κ3) is 4.92. The third-order valence-electron chi connectivity index (χ3n) is 3.49. The monoisotopic (exact) mass is 298 g/mol. The molecule has 21 heavy (non-hydrogen) atoms. The molecule has 0 fully saturated rings. The first-order valence-corrected chi connectivity index (χ1v) is 6.92. The average Bonchev–Trinajstić information content (AvgIpc) is 2.46. The second-order valence-corrected chi connectivity index (χ2v) is 5.20. The Bertz CT molecular complexity index is 503. The summed E-state index contributed by atoms with van der Waals surface area (Å²) in [5, 5.41) is 0. The van der Waals surface area contributed by atoms with E-state index in [0.717, 1.165) is 31.4 Å². The Labute approximate surface area is 121 Å². The van der Waals surface area contributed by atoms with E-state index < -0.39 is 17.7 Å². The molecule has 1 atom stereocenters. The van der Waals surface area contributed by atoms with Gasteiger partial charge in [0, 0.05) is 0 Å². The number of allylic oxidation sites excluding steroid dienone is 2. The Morgan fingerprint density at radius 1 is 1.19 bits per heavy atom. The lowest BCUT2D eigenvalue weighted by atomic mass is 9.95. The van der Waals surface area contributed by atoms with Gasteiger partial charge in [0.25, 0.3) is 0 Å². The maximum atomic E-state index is 12.4. The van der Waals surface area contributed by atoms with E-state index in [1.807, 2.05) is 0 Å². The molecule has 0 radical (unpaired) electrons. The maximum Gasteiger partial charge on any atom is 0.416 e. The summed E-state index contributed by atoms with van der Waals surface area (Å²) in [5.41, 5.74) is -0.190. The van der Waals surface area contributed by atoms with Crippen LogP contribution in [0.25, 0.3) is 0 Å². The number of esters is 1. The quantitative estimate of drug-likeness (QED) is 0.616. The van der Waals surface area contributed by atoms with Crippen molar-refractivity contribution in [3.8, 4) is 0 Å². The first-order chi connectivity index (χ1) is 9.95. The van der Waals surface area contributed by atoms with Crippen molar-refractivity contribution >= 4 is 5.97 Å². The minimum absolute atomic E-state index is 0.000691. The molecule has 0 saturated carbocycles. The highest BCUT2D eigenvalue weighted by atomic mass is 19.4. The smallest absolute Gasteiger partial charge is 0.416 e. The number of carbonyl (C=O) groups excluding carboxylic acids is 1. The lowest BCUT2D eigenvalue weighted by Gasteiger charge is -2.17. The van der Waals surface area contributed by atoms with Crippen LogP contribution in [0, 0.1) is 5.92 Å². The third-order valence-corrected chi connectivity index (χ3v) is 3.49. The predicted molar refractivity (Wildman–Crippen MR) is 72.6 cm³/mol. The van der Waals surface area contributed by atoms with Crippen molar-refractivity contribution < 1.29 is 22.7 Å². The Morgan fingerprint density at radius 2 is 1.90 bits per heavy atom. The van der Waals surface area contributed by atoms with E-state index in [-0.39, 0.29) is 6.42 Å². The summed E-state index contributed by atoms with van der Waals surface area (Å²) >= 11 is 0. The number of rotatable bonds is 4. The fraction of sp³-hybridized carbons (Fsp3) is 0.438. The molecular weight excluding hydrogens is 281 g/mol. The number of halogens is 3. The van der Waals surface area contributed by atoms with E-state index in [1.54, 1.807) is 0 Å². The molecule has 2 nitrogen and oxygen atoms in total. The van der Waals surface area contributed by atoms with Crippen LogP contribution in [0.4, 0.5) is 13.2 Å². The number of benzene rings is 1. The molecular formula is C16H17F3O2. The molecule has 0 amide bonds. The van der Waals surface area contributed by atoms with Gasteiger partial charge in [-0.3, -0.25) is 4.79 Å². The van der Waals surface area contributed by atoms with Crippen molar-refractivity contribution in [3.63, 3.8) is 0 Å². The summed E-state index contributed by atoms with van der Waals surface area (Å²) in [6.07, 6.45) is 2.76. The van der Waals surface area contributed by atoms with Gasteiger partial charge in [-0.15, -0.1) is 0 Å². The zero-order valence-corrected chi connectivity index (χ0v) is 11.5. The fourth-order valence-electron chi connectivity index (χ4n) is 2.25. The van der Waals surface area contributed by atoms with Crippen molar-refractivity contribution in [2.45, 2.75) is 31.9 Å². The molecule has 114 valence electrons. The highest BCUT2D eigenvalue weighted by Gasteiger charge is 2.30. The Kier molecular flexibility index (Phi) is 5.04. The number of hydrogen-bond acceptors (Lipinski definition) is 2. The Balaban J connectivity index is 1.81. The van der Waals surface area contributed by atoms with Crippen molar-refractivity contribution in [1.82, 2.24) is 0 Å². The number of ether oxygens (including phenoxy) is 1. The maximum absolute atomic E-state index is 12.4. The highest BCUT2D eigenvalue weighted by Crippen LogP contribution is 2.29. The summed E-state index contributed by atoms with van der Waals surface area (Å²) in [6, 6.07) is 4.59. The van der Waals surface area contributed by atoms with Crippen LogP contribution in [-0.2, 0) is 22.1 Å².